The van der Waals surface area contributed by atoms with Crippen molar-refractivity contribution in [3.63, 3.8) is 0 Å². The summed E-state index contributed by atoms with van der Waals surface area (Å²) in [5, 5.41) is 52.0. The van der Waals surface area contributed by atoms with Gasteiger partial charge in [0.15, 0.2) is 11.9 Å². The van der Waals surface area contributed by atoms with E-state index < -0.39 is 75.3 Å². The molecule has 47 heavy (non-hydrogen) atoms. The van der Waals surface area contributed by atoms with Crippen LogP contribution in [0.1, 0.15) is 92.4 Å². The fourth-order valence-electron chi connectivity index (χ4n) is 13.4. The third-order valence-electron chi connectivity index (χ3n) is 16.3. The third-order valence-corrected chi connectivity index (χ3v) is 16.3. The van der Waals surface area contributed by atoms with E-state index in [0.29, 0.717) is 51.4 Å². The molecule has 5 N–H and O–H groups in total. The van der Waals surface area contributed by atoms with E-state index in [-0.39, 0.29) is 48.0 Å². The van der Waals surface area contributed by atoms with E-state index >= 15 is 0 Å². The number of carboxylic acids is 2. The van der Waals surface area contributed by atoms with E-state index in [2.05, 4.69) is 20.8 Å². The second-order valence-corrected chi connectivity index (χ2v) is 17.8. The Hall–Kier alpha value is -1.83. The highest BCUT2D eigenvalue weighted by molar-refractivity contribution is 5.84. The van der Waals surface area contributed by atoms with Gasteiger partial charge >= 0.3 is 17.9 Å². The van der Waals surface area contributed by atoms with Crippen molar-refractivity contribution in [2.24, 2.45) is 50.2 Å². The molecular weight excluding hydrogens is 612 g/mol. The Morgan fingerprint density at radius 3 is 2.23 bits per heavy atom. The van der Waals surface area contributed by atoms with E-state index in [1.165, 1.54) is 0 Å². The summed E-state index contributed by atoms with van der Waals surface area (Å²) in [6.07, 6.45) is -1.97. The zero-order valence-corrected chi connectivity index (χ0v) is 27.9. The summed E-state index contributed by atoms with van der Waals surface area (Å²) < 4.78 is 25.2. The molecule has 12 nitrogen and oxygen atoms in total. The van der Waals surface area contributed by atoms with Crippen molar-refractivity contribution in [3.05, 3.63) is 0 Å². The summed E-state index contributed by atoms with van der Waals surface area (Å²) >= 11 is 0. The van der Waals surface area contributed by atoms with Crippen LogP contribution in [0.2, 0.25) is 0 Å². The molecule has 5 saturated carbocycles. The van der Waals surface area contributed by atoms with Crippen LogP contribution < -0.4 is 0 Å². The molecule has 1 spiro atoms. The van der Waals surface area contributed by atoms with Gasteiger partial charge in [-0.15, -0.1) is 0 Å². The van der Waals surface area contributed by atoms with Gasteiger partial charge in [-0.2, -0.15) is 0 Å². The van der Waals surface area contributed by atoms with Crippen LogP contribution in [0.4, 0.5) is 0 Å². The average Bonchev–Trinajstić information content (AvgIpc) is 3.76. The number of carbonyl (C=O) groups is 3. The Labute approximate surface area is 274 Å². The number of aliphatic hydroxyl groups excluding tert-OH is 3. The van der Waals surface area contributed by atoms with Gasteiger partial charge in [0, 0.05) is 11.3 Å². The number of rotatable bonds is 4. The monoisotopic (exact) mass is 662 g/mol. The molecule has 17 atom stereocenters. The number of hydrogen-bond acceptors (Lipinski definition) is 10. The van der Waals surface area contributed by atoms with Crippen LogP contribution in [0, 0.1) is 50.2 Å². The molecule has 262 valence electrons. The lowest BCUT2D eigenvalue weighted by Crippen LogP contribution is -2.75. The fraction of sp³-hybridized carbons (Fsp3) is 0.914. The predicted octanol–water partition coefficient (Wildman–Crippen LogP) is 2.49. The average molecular weight is 663 g/mol. The second-order valence-electron chi connectivity index (χ2n) is 17.8. The molecule has 0 radical (unpaired) electrons. The highest BCUT2D eigenvalue weighted by Crippen LogP contribution is 2.83. The van der Waals surface area contributed by atoms with Gasteiger partial charge in [-0.25, -0.2) is 0 Å². The first-order valence-corrected chi connectivity index (χ1v) is 17.5. The Bertz CT molecular complexity index is 1420. The number of hydrogen-bond donors (Lipinski definition) is 5. The summed E-state index contributed by atoms with van der Waals surface area (Å²) in [5.41, 5.74) is -5.32. The maximum atomic E-state index is 14.0. The molecule has 0 aromatic carbocycles. The molecule has 8 aliphatic rings. The molecule has 0 aromatic heterocycles. The molecule has 3 saturated heterocycles. The van der Waals surface area contributed by atoms with Gasteiger partial charge in [0.2, 0.25) is 0 Å². The predicted molar refractivity (Wildman–Crippen MR) is 160 cm³/mol. The van der Waals surface area contributed by atoms with Crippen molar-refractivity contribution in [2.45, 2.75) is 141 Å². The zero-order valence-electron chi connectivity index (χ0n) is 27.9. The fourth-order valence-corrected chi connectivity index (χ4v) is 13.4. The highest BCUT2D eigenvalue weighted by Gasteiger charge is 2.89. The molecule has 5 aliphatic carbocycles. The number of epoxide rings is 1. The molecule has 8 fully saturated rings. The smallest absolute Gasteiger partial charge is 0.313 e. The Morgan fingerprint density at radius 2 is 1.55 bits per heavy atom. The molecule has 2 bridgehead atoms. The maximum Gasteiger partial charge on any atom is 0.313 e. The Balaban J connectivity index is 1.16. The zero-order chi connectivity index (χ0) is 33.9. The van der Waals surface area contributed by atoms with Gasteiger partial charge < -0.3 is 44.5 Å². The van der Waals surface area contributed by atoms with Crippen LogP contribution in [0.5, 0.6) is 0 Å². The first kappa shape index (κ1) is 32.4. The number of carboxylic acid groups (broad SMARTS) is 2. The maximum absolute atomic E-state index is 14.0. The first-order chi connectivity index (χ1) is 21.9. The van der Waals surface area contributed by atoms with Crippen molar-refractivity contribution in [3.8, 4) is 0 Å². The van der Waals surface area contributed by atoms with E-state index in [0.717, 1.165) is 6.42 Å². The minimum atomic E-state index is -1.52. The van der Waals surface area contributed by atoms with Crippen molar-refractivity contribution in [1.82, 2.24) is 0 Å². The number of aliphatic carboxylic acids is 2. The van der Waals surface area contributed by atoms with E-state index in [4.69, 9.17) is 18.9 Å². The van der Waals surface area contributed by atoms with E-state index in [1.54, 1.807) is 13.8 Å². The van der Waals surface area contributed by atoms with Crippen molar-refractivity contribution < 1.29 is 58.9 Å². The van der Waals surface area contributed by atoms with E-state index in [9.17, 15) is 39.9 Å². The summed E-state index contributed by atoms with van der Waals surface area (Å²) in [7, 11) is 0. The normalized spacial score (nSPS) is 60.6. The molecule has 3 heterocycles. The largest absolute Gasteiger partial charge is 0.481 e. The van der Waals surface area contributed by atoms with Crippen LogP contribution in [0.15, 0.2) is 0 Å². The van der Waals surface area contributed by atoms with Gasteiger partial charge in [-0.1, -0.05) is 20.8 Å². The lowest BCUT2D eigenvalue weighted by Gasteiger charge is -2.72. The second kappa shape index (κ2) is 9.48. The van der Waals surface area contributed by atoms with Crippen LogP contribution in [-0.2, 0) is 33.3 Å². The number of ether oxygens (including phenoxy) is 4. The summed E-state index contributed by atoms with van der Waals surface area (Å²) in [6, 6.07) is 0. The molecule has 3 aliphatic heterocycles. The van der Waals surface area contributed by atoms with Gasteiger partial charge in [0.1, 0.15) is 24.4 Å². The Morgan fingerprint density at radius 1 is 0.851 bits per heavy atom. The summed E-state index contributed by atoms with van der Waals surface area (Å²) in [6.45, 7) is 10.0. The molecule has 0 amide bonds. The van der Waals surface area contributed by atoms with Crippen LogP contribution in [0.25, 0.3) is 0 Å². The lowest BCUT2D eigenvalue weighted by atomic mass is 9.30. The molecule has 0 aromatic rings. The molecule has 12 heteroatoms. The third kappa shape index (κ3) is 3.53. The number of fused-ring (bicyclic) bond motifs is 6. The Kier molecular flexibility index (Phi) is 6.53. The summed E-state index contributed by atoms with van der Waals surface area (Å²) in [5.74, 6) is -2.66. The van der Waals surface area contributed by atoms with Gasteiger partial charge in [0.05, 0.1) is 35.1 Å². The minimum absolute atomic E-state index is 0.0382. The quantitative estimate of drug-likeness (QED) is 0.168. The van der Waals surface area contributed by atoms with Crippen LogP contribution in [-0.4, -0.2) is 98.6 Å². The van der Waals surface area contributed by atoms with Gasteiger partial charge in [-0.05, 0) is 94.3 Å². The van der Waals surface area contributed by atoms with Crippen molar-refractivity contribution in [2.75, 3.05) is 6.61 Å². The van der Waals surface area contributed by atoms with Crippen molar-refractivity contribution >= 4 is 17.9 Å². The number of carbonyl (C=O) groups excluding carboxylic acids is 1. The summed E-state index contributed by atoms with van der Waals surface area (Å²) in [4.78, 5) is 39.9. The standard InChI is InChI=1S/C35H50O12/c1-29(26(39)40)10-12-34-13-11-32(4)31(3)9-6-17-30(2,23(31)22-24(46-22)35(32,18(34)14-29)47-28(34)43)8-7-19(33(17,5)27(41)42)45-25-21(38)20(37)16(36)15-44-25/h16-25,36-38H,6-15H2,1-5H3,(H,39,40)(H,41,42)/t16-,17+,18-,19-,20-,21+,22-,23+,24-,25-,29+,30-,31+,32-,33-,34-,35+/m0/s1. The first-order valence-electron chi connectivity index (χ1n) is 17.5. The minimum Gasteiger partial charge on any atom is -0.481 e. The van der Waals surface area contributed by atoms with Gasteiger partial charge in [0.25, 0.3) is 0 Å². The number of esters is 1. The lowest BCUT2D eigenvalue weighted by molar-refractivity contribution is -0.314. The van der Waals surface area contributed by atoms with E-state index in [1.807, 2.05) is 0 Å². The molecular formula is C35H50O12. The SMILES string of the molecule is C[C@@]1(C(=O)O)CC[C@@]23CC[C@]4(C)[C@](OC2=O)([C@H]2O[C@H]2[C@@H]2[C@@]5(C)CC[C@H](O[C@@H]6OC[C@H](O)[C@H](O)[C@H]6O)[C@@](C)(C(=O)O)[C@@H]5CC[C@]24C)[C@H]3C1. The van der Waals surface area contributed by atoms with Gasteiger partial charge in [-0.3, -0.25) is 14.4 Å². The molecule has 8 rings (SSSR count). The van der Waals surface area contributed by atoms with Crippen LogP contribution in [0.3, 0.4) is 0 Å². The van der Waals surface area contributed by atoms with Crippen LogP contribution >= 0.6 is 0 Å². The molecule has 0 unspecified atom stereocenters. The number of aliphatic hydroxyl groups is 3. The van der Waals surface area contributed by atoms with Crippen molar-refractivity contribution in [1.29, 1.82) is 0 Å². The topological polar surface area (TPSA) is 193 Å². The highest BCUT2D eigenvalue weighted by atomic mass is 16.7.